The summed E-state index contributed by atoms with van der Waals surface area (Å²) in [7, 11) is 0. The van der Waals surface area contributed by atoms with Crippen molar-refractivity contribution < 1.29 is 4.42 Å². The molecule has 146 valence electrons. The van der Waals surface area contributed by atoms with Crippen molar-refractivity contribution in [3.63, 3.8) is 0 Å². The van der Waals surface area contributed by atoms with E-state index in [0.29, 0.717) is 18.4 Å². The molecular weight excluding hydrogens is 451 g/mol. The number of rotatable bonds is 5. The highest BCUT2D eigenvalue weighted by molar-refractivity contribution is 14.0. The lowest BCUT2D eigenvalue weighted by atomic mass is 9.92. The van der Waals surface area contributed by atoms with Gasteiger partial charge in [-0.2, -0.15) is 0 Å². The minimum Gasteiger partial charge on any atom is -0.444 e. The fraction of sp³-hybridized carbons (Fsp3) is 0.524. The summed E-state index contributed by atoms with van der Waals surface area (Å²) in [5.41, 5.74) is 4.06. The van der Waals surface area contributed by atoms with E-state index in [1.54, 1.807) is 11.1 Å². The maximum Gasteiger partial charge on any atom is 0.216 e. The second-order valence-electron chi connectivity index (χ2n) is 7.42. The Kier molecular flexibility index (Phi) is 6.44. The van der Waals surface area contributed by atoms with Crippen molar-refractivity contribution in [1.82, 2.24) is 15.6 Å². The van der Waals surface area contributed by atoms with Gasteiger partial charge in [-0.3, -0.25) is 0 Å². The van der Waals surface area contributed by atoms with Gasteiger partial charge in [0.1, 0.15) is 12.3 Å². The lowest BCUT2D eigenvalue weighted by molar-refractivity contribution is 0.472. The van der Waals surface area contributed by atoms with Gasteiger partial charge in [0.25, 0.3) is 0 Å². The Morgan fingerprint density at radius 3 is 2.81 bits per heavy atom. The van der Waals surface area contributed by atoms with Crippen LogP contribution in [0.2, 0.25) is 0 Å². The normalized spacial score (nSPS) is 23.1. The summed E-state index contributed by atoms with van der Waals surface area (Å²) in [5.74, 6) is 4.66. The van der Waals surface area contributed by atoms with E-state index in [1.807, 2.05) is 13.8 Å². The van der Waals surface area contributed by atoms with Crippen LogP contribution in [0, 0.1) is 25.7 Å². The maximum absolute atomic E-state index is 5.62. The summed E-state index contributed by atoms with van der Waals surface area (Å²) < 4.78 is 5.62. The summed E-state index contributed by atoms with van der Waals surface area (Å²) in [6.45, 7) is 8.26. The number of hydrogen-bond donors (Lipinski definition) is 2. The van der Waals surface area contributed by atoms with Crippen molar-refractivity contribution in [1.29, 1.82) is 0 Å². The predicted octanol–water partition coefficient (Wildman–Crippen LogP) is 3.94. The molecule has 27 heavy (non-hydrogen) atoms. The first kappa shape index (κ1) is 20.2. The first-order chi connectivity index (χ1) is 12.7. The average Bonchev–Trinajstić information content (AvgIpc) is 3.28. The van der Waals surface area contributed by atoms with Gasteiger partial charge >= 0.3 is 0 Å². The molecule has 4 rings (SSSR count). The van der Waals surface area contributed by atoms with Crippen LogP contribution in [0.3, 0.4) is 0 Å². The molecule has 5 nitrogen and oxygen atoms in total. The molecule has 1 aromatic carbocycles. The van der Waals surface area contributed by atoms with Crippen LogP contribution in [0.15, 0.2) is 33.7 Å². The highest BCUT2D eigenvalue weighted by atomic mass is 127. The van der Waals surface area contributed by atoms with Crippen LogP contribution in [-0.2, 0) is 13.0 Å². The van der Waals surface area contributed by atoms with Gasteiger partial charge < -0.3 is 15.1 Å². The van der Waals surface area contributed by atoms with Crippen molar-refractivity contribution >= 4 is 29.9 Å². The van der Waals surface area contributed by atoms with Crippen LogP contribution in [0.5, 0.6) is 0 Å². The Morgan fingerprint density at radius 1 is 1.26 bits per heavy atom. The molecular formula is C21H29IN4O. The highest BCUT2D eigenvalue weighted by Gasteiger charge is 2.52. The Hall–Kier alpha value is -1.57. The lowest BCUT2D eigenvalue weighted by Gasteiger charge is -2.13. The number of benzene rings is 1. The van der Waals surface area contributed by atoms with Crippen LogP contribution < -0.4 is 10.6 Å². The molecule has 6 heteroatoms. The van der Waals surface area contributed by atoms with E-state index >= 15 is 0 Å². The number of aliphatic imine (C=N–C) groups is 1. The zero-order chi connectivity index (χ0) is 18.1. The third-order valence-corrected chi connectivity index (χ3v) is 5.79. The van der Waals surface area contributed by atoms with Gasteiger partial charge in [0.2, 0.25) is 5.89 Å². The molecule has 1 heterocycles. The fourth-order valence-electron chi connectivity index (χ4n) is 4.30. The number of halogens is 1. The van der Waals surface area contributed by atoms with E-state index < -0.39 is 0 Å². The molecule has 1 aromatic heterocycles. The summed E-state index contributed by atoms with van der Waals surface area (Å²) in [4.78, 5) is 9.04. The van der Waals surface area contributed by atoms with Crippen LogP contribution in [-0.4, -0.2) is 24.0 Å². The molecule has 3 atom stereocenters. The molecule has 2 N–H and O–H groups in total. The number of oxazole rings is 1. The number of aryl methyl sites for hydroxylation is 3. The zero-order valence-electron chi connectivity index (χ0n) is 16.3. The molecule has 1 fully saturated rings. The Balaban J connectivity index is 0.00000210. The summed E-state index contributed by atoms with van der Waals surface area (Å²) in [5, 5.41) is 6.86. The van der Waals surface area contributed by atoms with E-state index in [-0.39, 0.29) is 24.0 Å². The Labute approximate surface area is 178 Å². The summed E-state index contributed by atoms with van der Waals surface area (Å²) in [6.07, 6.45) is 2.54. The second kappa shape index (κ2) is 8.63. The fourth-order valence-corrected chi connectivity index (χ4v) is 4.30. The van der Waals surface area contributed by atoms with Gasteiger partial charge in [0.05, 0.1) is 5.69 Å². The Morgan fingerprint density at radius 2 is 2.07 bits per heavy atom. The number of nitrogens with zero attached hydrogens (tertiary/aromatic N) is 2. The molecule has 1 saturated carbocycles. The van der Waals surface area contributed by atoms with E-state index in [9.17, 15) is 0 Å². The predicted molar refractivity (Wildman–Crippen MR) is 119 cm³/mol. The van der Waals surface area contributed by atoms with E-state index in [1.165, 1.54) is 12.8 Å². The van der Waals surface area contributed by atoms with Gasteiger partial charge in [0.15, 0.2) is 5.96 Å². The molecule has 0 saturated heterocycles. The van der Waals surface area contributed by atoms with Gasteiger partial charge in [-0.1, -0.05) is 24.3 Å². The highest BCUT2D eigenvalue weighted by Crippen LogP contribution is 2.59. The van der Waals surface area contributed by atoms with Gasteiger partial charge in [-0.05, 0) is 62.5 Å². The molecule has 2 aromatic rings. The van der Waals surface area contributed by atoms with Gasteiger partial charge in [-0.25, -0.2) is 9.98 Å². The average molecular weight is 480 g/mol. The third kappa shape index (κ3) is 4.31. The lowest BCUT2D eigenvalue weighted by Crippen LogP contribution is -2.38. The van der Waals surface area contributed by atoms with Crippen LogP contribution >= 0.6 is 24.0 Å². The van der Waals surface area contributed by atoms with Crippen molar-refractivity contribution in [2.45, 2.75) is 46.1 Å². The minimum atomic E-state index is 0. The standard InChI is InChI=1S/C21H28N4O.HI/c1-4-22-21(24-12-19-25-13(2)14(3)26-19)23-11-18-17-10-9-15-7-5-6-8-16(15)20(17)18;/h5-8,17-18,20H,4,9-12H2,1-3H3,(H2,22,23,24);1H. The largest absolute Gasteiger partial charge is 0.444 e. The molecule has 0 bridgehead atoms. The SMILES string of the molecule is CCNC(=NCc1nc(C)c(C)o1)NCC1C2CCc3ccccc3C21.I. The molecule has 0 radical (unpaired) electrons. The maximum atomic E-state index is 5.62. The van der Waals surface area contributed by atoms with Crippen molar-refractivity contribution in [3.8, 4) is 0 Å². The molecule has 0 spiro atoms. The molecule has 3 unspecified atom stereocenters. The Bertz CT molecular complexity index is 797. The number of fused-ring (bicyclic) bond motifs is 3. The molecule has 2 aliphatic rings. The van der Waals surface area contributed by atoms with E-state index in [0.717, 1.165) is 42.3 Å². The number of nitrogens with one attached hydrogen (secondary N) is 2. The van der Waals surface area contributed by atoms with Crippen LogP contribution in [0.1, 0.15) is 47.7 Å². The van der Waals surface area contributed by atoms with Gasteiger partial charge in [0, 0.05) is 13.1 Å². The second-order valence-corrected chi connectivity index (χ2v) is 7.42. The smallest absolute Gasteiger partial charge is 0.216 e. The minimum absolute atomic E-state index is 0. The van der Waals surface area contributed by atoms with Crippen molar-refractivity contribution in [3.05, 3.63) is 52.7 Å². The number of guanidine groups is 1. The topological polar surface area (TPSA) is 62.5 Å². The molecule has 0 aliphatic heterocycles. The van der Waals surface area contributed by atoms with Gasteiger partial charge in [-0.15, -0.1) is 24.0 Å². The quantitative estimate of drug-likeness (QED) is 0.387. The first-order valence-electron chi connectivity index (χ1n) is 9.70. The van der Waals surface area contributed by atoms with Crippen molar-refractivity contribution in [2.24, 2.45) is 16.8 Å². The van der Waals surface area contributed by atoms with E-state index in [4.69, 9.17) is 4.42 Å². The third-order valence-electron chi connectivity index (χ3n) is 5.79. The molecule has 0 amide bonds. The van der Waals surface area contributed by atoms with E-state index in [2.05, 4.69) is 51.8 Å². The monoisotopic (exact) mass is 480 g/mol. The summed E-state index contributed by atoms with van der Waals surface area (Å²) >= 11 is 0. The molecule has 2 aliphatic carbocycles. The van der Waals surface area contributed by atoms with Crippen molar-refractivity contribution in [2.75, 3.05) is 13.1 Å². The summed E-state index contributed by atoms with van der Waals surface area (Å²) in [6, 6.07) is 8.95. The zero-order valence-corrected chi connectivity index (χ0v) is 18.6. The number of hydrogen-bond acceptors (Lipinski definition) is 3. The first-order valence-corrected chi connectivity index (χ1v) is 9.70. The number of aromatic nitrogens is 1. The van der Waals surface area contributed by atoms with Crippen LogP contribution in [0.25, 0.3) is 0 Å². The van der Waals surface area contributed by atoms with Crippen LogP contribution in [0.4, 0.5) is 0 Å².